The maximum atomic E-state index is 12.9. The molecule has 0 saturated heterocycles. The minimum atomic E-state index is -4.42. The van der Waals surface area contributed by atoms with Crippen molar-refractivity contribution >= 4 is 23.4 Å². The quantitative estimate of drug-likeness (QED) is 0.463. The van der Waals surface area contributed by atoms with E-state index in [1.165, 1.54) is 12.1 Å². The molecule has 3 aromatic carbocycles. The van der Waals surface area contributed by atoms with Crippen LogP contribution in [-0.4, -0.2) is 20.0 Å². The molecule has 0 radical (unpaired) electrons. The Bertz CT molecular complexity index is 1100. The summed E-state index contributed by atoms with van der Waals surface area (Å²) >= 11 is 0. The first kappa shape index (κ1) is 22.9. The van der Waals surface area contributed by atoms with Crippen LogP contribution < -0.4 is 10.2 Å². The Kier molecular flexibility index (Phi) is 7.15. The lowest BCUT2D eigenvalue weighted by Crippen LogP contribution is -2.22. The summed E-state index contributed by atoms with van der Waals surface area (Å²) < 4.78 is 38.8. The number of rotatable bonds is 6. The standard InChI is InChI=1S/C26H23F3N2O/c1-31(2)23-17-13-21(14-18-23)25(32)30-24(10-6-9-19-7-4-3-5-8-19)20-11-15-22(16-12-20)26(27,28)29/h3-18H,1-2H3,(H,30,32)/b9-6+,24-10+. The predicted octanol–water partition coefficient (Wildman–Crippen LogP) is 6.26. The fraction of sp³-hybridized carbons (Fsp3) is 0.115. The molecule has 0 saturated carbocycles. The highest BCUT2D eigenvalue weighted by molar-refractivity contribution is 6.00. The molecule has 164 valence electrons. The van der Waals surface area contributed by atoms with Crippen molar-refractivity contribution in [1.82, 2.24) is 5.32 Å². The third-order valence-corrected chi connectivity index (χ3v) is 4.77. The lowest BCUT2D eigenvalue weighted by Gasteiger charge is -2.14. The van der Waals surface area contributed by atoms with Gasteiger partial charge in [-0.25, -0.2) is 0 Å². The van der Waals surface area contributed by atoms with Crippen molar-refractivity contribution in [3.05, 3.63) is 113 Å². The highest BCUT2D eigenvalue weighted by Crippen LogP contribution is 2.30. The number of hydrogen-bond donors (Lipinski definition) is 1. The number of nitrogens with zero attached hydrogens (tertiary/aromatic N) is 1. The number of nitrogens with one attached hydrogen (secondary N) is 1. The van der Waals surface area contributed by atoms with Crippen molar-refractivity contribution in [3.63, 3.8) is 0 Å². The third-order valence-electron chi connectivity index (χ3n) is 4.77. The lowest BCUT2D eigenvalue weighted by molar-refractivity contribution is -0.137. The molecule has 0 spiro atoms. The number of hydrogen-bond acceptors (Lipinski definition) is 2. The zero-order valence-electron chi connectivity index (χ0n) is 17.7. The van der Waals surface area contributed by atoms with Gasteiger partial charge in [-0.15, -0.1) is 0 Å². The molecular formula is C26H23F3N2O. The first-order chi connectivity index (χ1) is 15.2. The summed E-state index contributed by atoms with van der Waals surface area (Å²) in [7, 11) is 3.80. The van der Waals surface area contributed by atoms with Gasteiger partial charge in [0.25, 0.3) is 5.91 Å². The fourth-order valence-electron chi connectivity index (χ4n) is 2.97. The fourth-order valence-corrected chi connectivity index (χ4v) is 2.97. The van der Waals surface area contributed by atoms with Crippen molar-refractivity contribution in [2.75, 3.05) is 19.0 Å². The number of alkyl halides is 3. The van der Waals surface area contributed by atoms with E-state index < -0.39 is 11.7 Å². The molecule has 1 amide bonds. The highest BCUT2D eigenvalue weighted by atomic mass is 19.4. The Balaban J connectivity index is 1.88. The monoisotopic (exact) mass is 436 g/mol. The largest absolute Gasteiger partial charge is 0.416 e. The van der Waals surface area contributed by atoms with Gasteiger partial charge in [0, 0.05) is 31.0 Å². The number of benzene rings is 3. The summed E-state index contributed by atoms with van der Waals surface area (Å²) in [5, 5.41) is 2.82. The average molecular weight is 436 g/mol. The van der Waals surface area contributed by atoms with Crippen LogP contribution in [0, 0.1) is 0 Å². The van der Waals surface area contributed by atoms with E-state index in [0.717, 1.165) is 23.4 Å². The summed E-state index contributed by atoms with van der Waals surface area (Å²) in [6.45, 7) is 0. The number of halogens is 3. The molecule has 0 unspecified atom stereocenters. The van der Waals surface area contributed by atoms with Crippen molar-refractivity contribution < 1.29 is 18.0 Å². The van der Waals surface area contributed by atoms with Crippen LogP contribution in [0.25, 0.3) is 11.8 Å². The molecular weight excluding hydrogens is 413 g/mol. The molecule has 0 aliphatic rings. The number of anilines is 1. The summed E-state index contributed by atoms with van der Waals surface area (Å²) in [5.74, 6) is -0.352. The first-order valence-electron chi connectivity index (χ1n) is 9.94. The van der Waals surface area contributed by atoms with Crippen LogP contribution in [0.3, 0.4) is 0 Å². The highest BCUT2D eigenvalue weighted by Gasteiger charge is 2.30. The van der Waals surface area contributed by atoms with Gasteiger partial charge in [0.2, 0.25) is 0 Å². The van der Waals surface area contributed by atoms with E-state index in [2.05, 4.69) is 5.32 Å². The molecule has 3 aromatic rings. The Morgan fingerprint density at radius 2 is 1.44 bits per heavy atom. The summed E-state index contributed by atoms with van der Waals surface area (Å²) in [6.07, 6.45) is 0.842. The predicted molar refractivity (Wildman–Crippen MR) is 123 cm³/mol. The van der Waals surface area contributed by atoms with Crippen LogP contribution in [0.4, 0.5) is 18.9 Å². The van der Waals surface area contributed by atoms with Crippen LogP contribution in [0.15, 0.2) is 91.0 Å². The van der Waals surface area contributed by atoms with Crippen LogP contribution in [-0.2, 0) is 6.18 Å². The number of carbonyl (C=O) groups is 1. The van der Waals surface area contributed by atoms with E-state index in [0.29, 0.717) is 16.8 Å². The molecule has 0 aliphatic heterocycles. The van der Waals surface area contributed by atoms with Crippen LogP contribution in [0.5, 0.6) is 0 Å². The SMILES string of the molecule is CN(C)c1ccc(C(=O)N/C(=C/C=C/c2ccccc2)c2ccc(C(F)(F)F)cc2)cc1. The molecule has 0 atom stereocenters. The van der Waals surface area contributed by atoms with Crippen molar-refractivity contribution in [2.45, 2.75) is 6.18 Å². The van der Waals surface area contributed by atoms with E-state index >= 15 is 0 Å². The van der Waals surface area contributed by atoms with Gasteiger partial charge in [0.05, 0.1) is 5.56 Å². The molecule has 32 heavy (non-hydrogen) atoms. The molecule has 6 heteroatoms. The summed E-state index contributed by atoms with van der Waals surface area (Å²) in [6, 6.07) is 21.3. The van der Waals surface area contributed by atoms with Crippen LogP contribution in [0.1, 0.15) is 27.0 Å². The van der Waals surface area contributed by atoms with Gasteiger partial charge >= 0.3 is 6.18 Å². The van der Waals surface area contributed by atoms with Crippen molar-refractivity contribution in [3.8, 4) is 0 Å². The van der Waals surface area contributed by atoms with Gasteiger partial charge < -0.3 is 10.2 Å². The Morgan fingerprint density at radius 3 is 2.00 bits per heavy atom. The number of allylic oxidation sites excluding steroid dienone is 2. The topological polar surface area (TPSA) is 32.3 Å². The maximum Gasteiger partial charge on any atom is 0.416 e. The van der Waals surface area contributed by atoms with Crippen LogP contribution in [0.2, 0.25) is 0 Å². The normalized spacial score (nSPS) is 12.1. The Morgan fingerprint density at radius 1 is 0.844 bits per heavy atom. The van der Waals surface area contributed by atoms with E-state index in [-0.39, 0.29) is 5.91 Å². The molecule has 3 nitrogen and oxygen atoms in total. The maximum absolute atomic E-state index is 12.9. The third kappa shape index (κ3) is 6.11. The first-order valence-corrected chi connectivity index (χ1v) is 9.94. The van der Waals surface area contributed by atoms with Gasteiger partial charge in [-0.3, -0.25) is 4.79 Å². The zero-order valence-corrected chi connectivity index (χ0v) is 17.7. The van der Waals surface area contributed by atoms with Gasteiger partial charge in [0.15, 0.2) is 0 Å². The van der Waals surface area contributed by atoms with Gasteiger partial charge in [0.1, 0.15) is 0 Å². The minimum Gasteiger partial charge on any atom is -0.378 e. The summed E-state index contributed by atoms with van der Waals surface area (Å²) in [4.78, 5) is 14.7. The van der Waals surface area contributed by atoms with E-state index in [9.17, 15) is 18.0 Å². The molecule has 0 heterocycles. The molecule has 3 rings (SSSR count). The molecule has 0 bridgehead atoms. The summed E-state index contributed by atoms with van der Waals surface area (Å²) in [5.41, 5.74) is 2.47. The van der Waals surface area contributed by atoms with E-state index in [4.69, 9.17) is 0 Å². The second-order valence-electron chi connectivity index (χ2n) is 7.32. The van der Waals surface area contributed by atoms with Crippen molar-refractivity contribution in [2.24, 2.45) is 0 Å². The number of carbonyl (C=O) groups excluding carboxylic acids is 1. The Labute approximate surface area is 185 Å². The smallest absolute Gasteiger partial charge is 0.378 e. The second kappa shape index (κ2) is 10.0. The second-order valence-corrected chi connectivity index (χ2v) is 7.32. The molecule has 1 N–H and O–H groups in total. The van der Waals surface area contributed by atoms with E-state index in [1.54, 1.807) is 24.3 Å². The van der Waals surface area contributed by atoms with E-state index in [1.807, 2.05) is 67.5 Å². The van der Waals surface area contributed by atoms with Gasteiger partial charge in [-0.05, 0) is 53.6 Å². The average Bonchev–Trinajstić information content (AvgIpc) is 2.78. The number of amides is 1. The minimum absolute atomic E-state index is 0.352. The molecule has 0 fully saturated rings. The molecule has 0 aliphatic carbocycles. The Hall–Kier alpha value is -3.80. The van der Waals surface area contributed by atoms with Gasteiger partial charge in [-0.2, -0.15) is 13.2 Å². The lowest BCUT2D eigenvalue weighted by atomic mass is 10.1. The zero-order chi connectivity index (χ0) is 23.1. The van der Waals surface area contributed by atoms with Crippen LogP contribution >= 0.6 is 0 Å². The molecule has 0 aromatic heterocycles. The van der Waals surface area contributed by atoms with Gasteiger partial charge in [-0.1, -0.05) is 54.6 Å². The van der Waals surface area contributed by atoms with Crippen molar-refractivity contribution in [1.29, 1.82) is 0 Å².